The molecule has 108 valence electrons. The largest absolute Gasteiger partial charge is 0.493 e. The van der Waals surface area contributed by atoms with Gasteiger partial charge in [-0.1, -0.05) is 12.1 Å². The molecular weight excluding hydrogens is 254 g/mol. The zero-order chi connectivity index (χ0) is 13.9. The average Bonchev–Trinajstić information content (AvgIpc) is 3.07. The van der Waals surface area contributed by atoms with Crippen LogP contribution in [0, 0.1) is 0 Å². The molecule has 3 rings (SSSR count). The highest BCUT2D eigenvalue weighted by molar-refractivity contribution is 5.80. The van der Waals surface area contributed by atoms with E-state index in [0.717, 1.165) is 38.0 Å². The number of hydrogen-bond acceptors (Lipinski definition) is 4. The van der Waals surface area contributed by atoms with Crippen LogP contribution < -0.4 is 10.1 Å². The summed E-state index contributed by atoms with van der Waals surface area (Å²) in [6.45, 7) is 3.11. The van der Waals surface area contributed by atoms with Crippen molar-refractivity contribution in [1.82, 2.24) is 5.32 Å². The van der Waals surface area contributed by atoms with Gasteiger partial charge in [-0.2, -0.15) is 0 Å². The predicted molar refractivity (Wildman–Crippen MR) is 75.9 cm³/mol. The van der Waals surface area contributed by atoms with Crippen molar-refractivity contribution in [3.05, 3.63) is 29.3 Å². The van der Waals surface area contributed by atoms with E-state index < -0.39 is 0 Å². The molecule has 4 heteroatoms. The maximum absolute atomic E-state index is 11.5. The monoisotopic (exact) mass is 275 g/mol. The van der Waals surface area contributed by atoms with Gasteiger partial charge in [0.1, 0.15) is 11.8 Å². The lowest BCUT2D eigenvalue weighted by Crippen LogP contribution is -2.14. The molecule has 2 aliphatic heterocycles. The molecule has 2 unspecified atom stereocenters. The van der Waals surface area contributed by atoms with Gasteiger partial charge in [-0.3, -0.25) is 10.1 Å². The van der Waals surface area contributed by atoms with E-state index in [1.54, 1.807) is 0 Å². The van der Waals surface area contributed by atoms with E-state index in [1.165, 1.54) is 11.1 Å². The summed E-state index contributed by atoms with van der Waals surface area (Å²) in [5.41, 5.74) is 2.69. The SMILES string of the molecule is CCOC(=O)C1NC1CCCc1ccc2c(c1)CCO2. The third-order valence-corrected chi connectivity index (χ3v) is 3.96. The van der Waals surface area contributed by atoms with Crippen LogP contribution in [0.5, 0.6) is 5.75 Å². The maximum Gasteiger partial charge on any atom is 0.324 e. The Kier molecular flexibility index (Phi) is 3.92. The smallest absolute Gasteiger partial charge is 0.324 e. The molecule has 0 aliphatic carbocycles. The van der Waals surface area contributed by atoms with Crippen molar-refractivity contribution < 1.29 is 14.3 Å². The van der Waals surface area contributed by atoms with Crippen molar-refractivity contribution in [3.63, 3.8) is 0 Å². The molecule has 2 atom stereocenters. The van der Waals surface area contributed by atoms with Gasteiger partial charge in [0.2, 0.25) is 0 Å². The second-order valence-electron chi connectivity index (χ2n) is 5.44. The zero-order valence-electron chi connectivity index (χ0n) is 11.9. The zero-order valence-corrected chi connectivity index (χ0v) is 11.9. The number of ether oxygens (including phenoxy) is 2. The number of carbonyl (C=O) groups is 1. The van der Waals surface area contributed by atoms with Gasteiger partial charge in [0.15, 0.2) is 0 Å². The molecule has 0 saturated carbocycles. The number of rotatable bonds is 6. The molecule has 2 heterocycles. The summed E-state index contributed by atoms with van der Waals surface area (Å²) in [6, 6.07) is 6.72. The summed E-state index contributed by atoms with van der Waals surface area (Å²) in [5.74, 6) is 0.937. The van der Waals surface area contributed by atoms with Gasteiger partial charge < -0.3 is 9.47 Å². The van der Waals surface area contributed by atoms with Crippen LogP contribution in [-0.2, 0) is 22.4 Å². The van der Waals surface area contributed by atoms with E-state index in [0.29, 0.717) is 12.6 Å². The minimum Gasteiger partial charge on any atom is -0.493 e. The first-order valence-corrected chi connectivity index (χ1v) is 7.45. The van der Waals surface area contributed by atoms with Crippen LogP contribution in [0.4, 0.5) is 0 Å². The van der Waals surface area contributed by atoms with Gasteiger partial charge in [-0.15, -0.1) is 0 Å². The van der Waals surface area contributed by atoms with Crippen LogP contribution in [-0.4, -0.2) is 31.3 Å². The van der Waals surface area contributed by atoms with Crippen molar-refractivity contribution in [2.24, 2.45) is 0 Å². The van der Waals surface area contributed by atoms with E-state index >= 15 is 0 Å². The molecule has 4 nitrogen and oxygen atoms in total. The number of benzene rings is 1. The Morgan fingerprint density at radius 2 is 2.40 bits per heavy atom. The third kappa shape index (κ3) is 2.96. The highest BCUT2D eigenvalue weighted by atomic mass is 16.5. The minimum absolute atomic E-state index is 0.0663. The first-order valence-electron chi connectivity index (χ1n) is 7.45. The summed E-state index contributed by atoms with van der Waals surface area (Å²) < 4.78 is 10.5. The molecule has 0 bridgehead atoms. The number of nitrogens with one attached hydrogen (secondary N) is 1. The van der Waals surface area contributed by atoms with Crippen molar-refractivity contribution in [2.45, 2.75) is 44.7 Å². The van der Waals surface area contributed by atoms with Gasteiger partial charge in [-0.05, 0) is 43.4 Å². The van der Waals surface area contributed by atoms with E-state index in [1.807, 2.05) is 6.92 Å². The number of esters is 1. The Morgan fingerprint density at radius 3 is 3.25 bits per heavy atom. The van der Waals surface area contributed by atoms with Crippen LogP contribution in [0.2, 0.25) is 0 Å². The minimum atomic E-state index is -0.104. The normalized spacial score (nSPS) is 23.1. The highest BCUT2D eigenvalue weighted by Gasteiger charge is 2.42. The summed E-state index contributed by atoms with van der Waals surface area (Å²) >= 11 is 0. The first-order chi connectivity index (χ1) is 9.78. The fourth-order valence-electron chi connectivity index (χ4n) is 2.81. The third-order valence-electron chi connectivity index (χ3n) is 3.96. The van der Waals surface area contributed by atoms with Crippen LogP contribution in [0.25, 0.3) is 0 Å². The number of aryl methyl sites for hydroxylation is 1. The van der Waals surface area contributed by atoms with Crippen LogP contribution in [0.1, 0.15) is 30.9 Å². The van der Waals surface area contributed by atoms with Crippen molar-refractivity contribution in [1.29, 1.82) is 0 Å². The van der Waals surface area contributed by atoms with E-state index in [4.69, 9.17) is 9.47 Å². The lowest BCUT2D eigenvalue weighted by atomic mass is 10.0. The molecule has 1 aromatic carbocycles. The van der Waals surface area contributed by atoms with Crippen LogP contribution in [0.15, 0.2) is 18.2 Å². The van der Waals surface area contributed by atoms with Gasteiger partial charge in [-0.25, -0.2) is 0 Å². The van der Waals surface area contributed by atoms with Gasteiger partial charge in [0.25, 0.3) is 0 Å². The first kappa shape index (κ1) is 13.4. The average molecular weight is 275 g/mol. The highest BCUT2D eigenvalue weighted by Crippen LogP contribution is 2.27. The topological polar surface area (TPSA) is 57.5 Å². The van der Waals surface area contributed by atoms with Crippen molar-refractivity contribution >= 4 is 5.97 Å². The maximum atomic E-state index is 11.5. The van der Waals surface area contributed by atoms with Gasteiger partial charge >= 0.3 is 5.97 Å². The van der Waals surface area contributed by atoms with E-state index in [9.17, 15) is 4.79 Å². The molecule has 20 heavy (non-hydrogen) atoms. The number of fused-ring (bicyclic) bond motifs is 1. The summed E-state index contributed by atoms with van der Waals surface area (Å²) in [5, 5.41) is 3.19. The number of carbonyl (C=O) groups excluding carboxylic acids is 1. The molecule has 1 saturated heterocycles. The fraction of sp³-hybridized carbons (Fsp3) is 0.562. The second kappa shape index (κ2) is 5.83. The summed E-state index contributed by atoms with van der Waals surface area (Å²) in [4.78, 5) is 11.5. The molecule has 1 fully saturated rings. The fourth-order valence-corrected chi connectivity index (χ4v) is 2.81. The van der Waals surface area contributed by atoms with E-state index in [-0.39, 0.29) is 12.0 Å². The van der Waals surface area contributed by atoms with Gasteiger partial charge in [0, 0.05) is 12.5 Å². The molecule has 0 aromatic heterocycles. The molecule has 1 aromatic rings. The Bertz CT molecular complexity index is 500. The Balaban J connectivity index is 1.42. The van der Waals surface area contributed by atoms with Crippen LogP contribution >= 0.6 is 0 Å². The molecule has 0 amide bonds. The van der Waals surface area contributed by atoms with E-state index in [2.05, 4.69) is 23.5 Å². The number of hydrogen-bond donors (Lipinski definition) is 1. The van der Waals surface area contributed by atoms with Crippen molar-refractivity contribution in [3.8, 4) is 5.75 Å². The predicted octanol–water partition coefficient (Wildman–Crippen LogP) is 1.85. The molecule has 0 radical (unpaired) electrons. The summed E-state index contributed by atoms with van der Waals surface area (Å²) in [7, 11) is 0. The van der Waals surface area contributed by atoms with Crippen molar-refractivity contribution in [2.75, 3.05) is 13.2 Å². The lowest BCUT2D eigenvalue weighted by Gasteiger charge is -2.04. The molecule has 2 aliphatic rings. The quantitative estimate of drug-likeness (QED) is 0.636. The summed E-state index contributed by atoms with van der Waals surface area (Å²) in [6.07, 6.45) is 4.20. The lowest BCUT2D eigenvalue weighted by molar-refractivity contribution is -0.142. The molecule has 0 spiro atoms. The van der Waals surface area contributed by atoms with Crippen LogP contribution in [0.3, 0.4) is 0 Å². The Labute approximate surface area is 119 Å². The Hall–Kier alpha value is -1.55. The molecule has 1 N–H and O–H groups in total. The van der Waals surface area contributed by atoms with Gasteiger partial charge in [0.05, 0.1) is 13.2 Å². The molecular formula is C16H21NO3. The Morgan fingerprint density at radius 1 is 1.50 bits per heavy atom. The standard InChI is InChI=1S/C16H21NO3/c1-2-19-16(18)15-13(17-15)5-3-4-11-6-7-14-12(10-11)8-9-20-14/h6-7,10,13,15,17H,2-5,8-9H2,1H3. The second-order valence-corrected chi connectivity index (χ2v) is 5.44.